The van der Waals surface area contributed by atoms with Gasteiger partial charge in [-0.2, -0.15) is 0 Å². The van der Waals surface area contributed by atoms with Crippen LogP contribution in [0.15, 0.2) is 16.7 Å². The Kier molecular flexibility index (Phi) is 1.70. The van der Waals surface area contributed by atoms with Gasteiger partial charge in [-0.25, -0.2) is 0 Å². The molecule has 2 heteroatoms. The van der Waals surface area contributed by atoms with E-state index in [1.54, 1.807) is 0 Å². The van der Waals surface area contributed by atoms with Crippen molar-refractivity contribution < 1.29 is 4.42 Å². The minimum Gasteiger partial charge on any atom is -0.469 e. The lowest BCUT2D eigenvalue weighted by atomic mass is 9.98. The maximum atomic E-state index is 5.34. The van der Waals surface area contributed by atoms with Gasteiger partial charge < -0.3 is 9.73 Å². The first-order valence-corrected chi connectivity index (χ1v) is 4.09. The Labute approximate surface area is 66.6 Å². The molecule has 1 aromatic rings. The van der Waals surface area contributed by atoms with E-state index in [1.165, 1.54) is 5.56 Å². The van der Waals surface area contributed by atoms with Crippen LogP contribution in [-0.2, 0) is 6.42 Å². The maximum Gasteiger partial charge on any atom is 0.104 e. The third-order valence-electron chi connectivity index (χ3n) is 2.14. The van der Waals surface area contributed by atoms with Crippen LogP contribution < -0.4 is 5.32 Å². The fraction of sp³-hybridized carbons (Fsp3) is 0.556. The molecule has 1 saturated heterocycles. The van der Waals surface area contributed by atoms with E-state index in [0.717, 1.165) is 31.2 Å². The van der Waals surface area contributed by atoms with E-state index >= 15 is 0 Å². The second-order valence-electron chi connectivity index (χ2n) is 3.32. The molecule has 1 aromatic heterocycles. The monoisotopic (exact) mass is 151 g/mol. The van der Waals surface area contributed by atoms with Gasteiger partial charge in [-0.3, -0.25) is 0 Å². The summed E-state index contributed by atoms with van der Waals surface area (Å²) in [6, 6.07) is 2.12. The summed E-state index contributed by atoms with van der Waals surface area (Å²) in [5, 5.41) is 3.25. The number of rotatable bonds is 2. The first-order chi connectivity index (χ1) is 5.34. The number of hydrogen-bond acceptors (Lipinski definition) is 2. The minimum absolute atomic E-state index is 0.806. The predicted molar refractivity (Wildman–Crippen MR) is 43.5 cm³/mol. The van der Waals surface area contributed by atoms with Crippen molar-refractivity contribution in [2.45, 2.75) is 13.3 Å². The quantitative estimate of drug-likeness (QED) is 0.690. The van der Waals surface area contributed by atoms with Gasteiger partial charge in [0.05, 0.1) is 6.26 Å². The number of nitrogens with one attached hydrogen (secondary N) is 1. The van der Waals surface area contributed by atoms with Crippen molar-refractivity contribution in [3.63, 3.8) is 0 Å². The zero-order chi connectivity index (χ0) is 7.68. The SMILES string of the molecule is Cc1coc(CC2CNC2)c1. The average molecular weight is 151 g/mol. The Bertz CT molecular complexity index is 237. The van der Waals surface area contributed by atoms with Gasteiger partial charge in [0.25, 0.3) is 0 Å². The second-order valence-corrected chi connectivity index (χ2v) is 3.32. The Hall–Kier alpha value is -0.760. The molecule has 1 N–H and O–H groups in total. The molecular weight excluding hydrogens is 138 g/mol. The van der Waals surface area contributed by atoms with Gasteiger partial charge in [0.1, 0.15) is 5.76 Å². The summed E-state index contributed by atoms with van der Waals surface area (Å²) >= 11 is 0. The van der Waals surface area contributed by atoms with Crippen LogP contribution in [0.3, 0.4) is 0 Å². The molecule has 0 bridgehead atoms. The molecule has 2 nitrogen and oxygen atoms in total. The van der Waals surface area contributed by atoms with Gasteiger partial charge in [0.2, 0.25) is 0 Å². The van der Waals surface area contributed by atoms with Crippen molar-refractivity contribution in [1.29, 1.82) is 0 Å². The lowest BCUT2D eigenvalue weighted by molar-refractivity contribution is 0.323. The molecule has 1 aliphatic heterocycles. The van der Waals surface area contributed by atoms with E-state index in [9.17, 15) is 0 Å². The van der Waals surface area contributed by atoms with Crippen LogP contribution in [0.1, 0.15) is 11.3 Å². The normalized spacial score (nSPS) is 18.3. The molecule has 0 spiro atoms. The summed E-state index contributed by atoms with van der Waals surface area (Å²) in [6.07, 6.45) is 2.92. The van der Waals surface area contributed by atoms with Gasteiger partial charge in [-0.05, 0) is 37.6 Å². The Balaban J connectivity index is 1.95. The van der Waals surface area contributed by atoms with Crippen molar-refractivity contribution >= 4 is 0 Å². The number of hydrogen-bond donors (Lipinski definition) is 1. The van der Waals surface area contributed by atoms with Gasteiger partial charge in [-0.1, -0.05) is 0 Å². The van der Waals surface area contributed by atoms with Gasteiger partial charge >= 0.3 is 0 Å². The van der Waals surface area contributed by atoms with E-state index < -0.39 is 0 Å². The number of furan rings is 1. The maximum absolute atomic E-state index is 5.34. The highest BCUT2D eigenvalue weighted by Crippen LogP contribution is 2.14. The van der Waals surface area contributed by atoms with Crippen LogP contribution in [0.2, 0.25) is 0 Å². The number of aryl methyl sites for hydroxylation is 1. The Morgan fingerprint density at radius 2 is 2.45 bits per heavy atom. The smallest absolute Gasteiger partial charge is 0.104 e. The van der Waals surface area contributed by atoms with Crippen molar-refractivity contribution in [1.82, 2.24) is 5.32 Å². The first kappa shape index (κ1) is 6.92. The van der Waals surface area contributed by atoms with E-state index in [1.807, 2.05) is 6.26 Å². The van der Waals surface area contributed by atoms with Crippen LogP contribution in [-0.4, -0.2) is 13.1 Å². The minimum atomic E-state index is 0.806. The molecule has 2 heterocycles. The standard InChI is InChI=1S/C9H13NO/c1-7-2-9(11-6-7)3-8-4-10-5-8/h2,6,8,10H,3-5H2,1H3. The zero-order valence-corrected chi connectivity index (χ0v) is 6.76. The summed E-state index contributed by atoms with van der Waals surface area (Å²) < 4.78 is 5.34. The molecule has 60 valence electrons. The van der Waals surface area contributed by atoms with Gasteiger partial charge in [0, 0.05) is 6.42 Å². The molecule has 0 amide bonds. The van der Waals surface area contributed by atoms with E-state index in [0.29, 0.717) is 0 Å². The van der Waals surface area contributed by atoms with Crippen LogP contribution in [0.5, 0.6) is 0 Å². The van der Waals surface area contributed by atoms with Crippen molar-refractivity contribution in [3.05, 3.63) is 23.7 Å². The average Bonchev–Trinajstić information content (AvgIpc) is 2.27. The third-order valence-corrected chi connectivity index (χ3v) is 2.14. The van der Waals surface area contributed by atoms with Gasteiger partial charge in [0.15, 0.2) is 0 Å². The van der Waals surface area contributed by atoms with Crippen LogP contribution in [0.4, 0.5) is 0 Å². The van der Waals surface area contributed by atoms with Crippen molar-refractivity contribution in [2.24, 2.45) is 5.92 Å². The highest BCUT2D eigenvalue weighted by Gasteiger charge is 2.18. The third kappa shape index (κ3) is 1.46. The fourth-order valence-corrected chi connectivity index (χ4v) is 1.37. The molecule has 0 radical (unpaired) electrons. The molecule has 1 aliphatic rings. The first-order valence-electron chi connectivity index (χ1n) is 4.09. The lowest BCUT2D eigenvalue weighted by Gasteiger charge is -2.25. The fourth-order valence-electron chi connectivity index (χ4n) is 1.37. The van der Waals surface area contributed by atoms with Crippen LogP contribution in [0.25, 0.3) is 0 Å². The summed E-state index contributed by atoms with van der Waals surface area (Å²) in [7, 11) is 0. The molecule has 0 atom stereocenters. The van der Waals surface area contributed by atoms with Gasteiger partial charge in [-0.15, -0.1) is 0 Å². The highest BCUT2D eigenvalue weighted by molar-refractivity contribution is 5.11. The van der Waals surface area contributed by atoms with Crippen LogP contribution >= 0.6 is 0 Å². The second kappa shape index (κ2) is 2.70. The molecule has 1 fully saturated rings. The van der Waals surface area contributed by atoms with E-state index in [2.05, 4.69) is 18.3 Å². The highest BCUT2D eigenvalue weighted by atomic mass is 16.3. The van der Waals surface area contributed by atoms with E-state index in [4.69, 9.17) is 4.42 Å². The molecule has 11 heavy (non-hydrogen) atoms. The molecule has 0 aromatic carbocycles. The lowest BCUT2D eigenvalue weighted by Crippen LogP contribution is -2.42. The molecule has 0 saturated carbocycles. The van der Waals surface area contributed by atoms with Crippen molar-refractivity contribution in [2.75, 3.05) is 13.1 Å². The molecule has 0 unspecified atom stereocenters. The zero-order valence-electron chi connectivity index (χ0n) is 6.76. The summed E-state index contributed by atoms with van der Waals surface area (Å²) in [5.74, 6) is 1.94. The van der Waals surface area contributed by atoms with Crippen molar-refractivity contribution in [3.8, 4) is 0 Å². The van der Waals surface area contributed by atoms with Crippen LogP contribution in [0, 0.1) is 12.8 Å². The predicted octanol–water partition coefficient (Wildman–Crippen LogP) is 1.35. The summed E-state index contributed by atoms with van der Waals surface area (Å²) in [6.45, 7) is 4.37. The Morgan fingerprint density at radius 1 is 1.64 bits per heavy atom. The molecule has 2 rings (SSSR count). The molecular formula is C9H13NO. The summed E-state index contributed by atoms with van der Waals surface area (Å²) in [4.78, 5) is 0. The summed E-state index contributed by atoms with van der Waals surface area (Å²) in [5.41, 5.74) is 1.23. The largest absolute Gasteiger partial charge is 0.469 e. The Morgan fingerprint density at radius 3 is 2.91 bits per heavy atom. The molecule has 0 aliphatic carbocycles. The topological polar surface area (TPSA) is 25.2 Å². The van der Waals surface area contributed by atoms with E-state index in [-0.39, 0.29) is 0 Å².